The minimum absolute atomic E-state index is 0.295. The Morgan fingerprint density at radius 1 is 1.10 bits per heavy atom. The van der Waals surface area contributed by atoms with Crippen LogP contribution in [0.1, 0.15) is 31.1 Å². The number of nitrogens with one attached hydrogen (secondary N) is 1. The zero-order valence-corrected chi connectivity index (χ0v) is 13.5. The molecular weight excluding hydrogens is 278 g/mol. The topological polar surface area (TPSA) is 32.3 Å². The number of hydrogen-bond acceptors (Lipinski definition) is 3. The molecule has 0 radical (unpaired) electrons. The largest absolute Gasteiger partial charge is 0.396 e. The first kappa shape index (κ1) is 16.2. The van der Waals surface area contributed by atoms with E-state index in [9.17, 15) is 0 Å². The number of thiophene rings is 1. The monoisotopic (exact) mass is 303 g/mol. The van der Waals surface area contributed by atoms with Gasteiger partial charge >= 0.3 is 0 Å². The van der Waals surface area contributed by atoms with E-state index in [-0.39, 0.29) is 0 Å². The quantitative estimate of drug-likeness (QED) is 0.724. The Kier molecular flexibility index (Phi) is 6.93. The molecule has 1 aromatic carbocycles. The molecule has 1 aromatic heterocycles. The molecule has 0 saturated carbocycles. The van der Waals surface area contributed by atoms with Gasteiger partial charge in [0.2, 0.25) is 0 Å². The molecule has 0 saturated heterocycles. The van der Waals surface area contributed by atoms with Crippen molar-refractivity contribution in [3.8, 4) is 10.4 Å². The normalized spacial score (nSPS) is 12.5. The van der Waals surface area contributed by atoms with Crippen LogP contribution < -0.4 is 5.32 Å². The Bertz CT molecular complexity index is 503. The summed E-state index contributed by atoms with van der Waals surface area (Å²) in [5.41, 5.74) is 1.29. The van der Waals surface area contributed by atoms with Crippen molar-refractivity contribution in [1.29, 1.82) is 0 Å². The van der Waals surface area contributed by atoms with E-state index < -0.39 is 0 Å². The molecule has 0 amide bonds. The van der Waals surface area contributed by atoms with E-state index >= 15 is 0 Å². The van der Waals surface area contributed by atoms with Crippen LogP contribution in [0.3, 0.4) is 0 Å². The molecule has 1 atom stereocenters. The fourth-order valence-electron chi connectivity index (χ4n) is 2.57. The van der Waals surface area contributed by atoms with Gasteiger partial charge in [-0.3, -0.25) is 0 Å². The molecule has 0 aliphatic rings. The second-order valence-electron chi connectivity index (χ2n) is 5.43. The van der Waals surface area contributed by atoms with Crippen molar-refractivity contribution < 1.29 is 5.11 Å². The van der Waals surface area contributed by atoms with Gasteiger partial charge in [0.05, 0.1) is 0 Å². The number of aliphatic hydroxyl groups excluding tert-OH is 1. The van der Waals surface area contributed by atoms with Gasteiger partial charge in [-0.15, -0.1) is 11.3 Å². The van der Waals surface area contributed by atoms with Crippen LogP contribution in [0.25, 0.3) is 10.4 Å². The highest BCUT2D eigenvalue weighted by atomic mass is 32.1. The summed E-state index contributed by atoms with van der Waals surface area (Å²) in [4.78, 5) is 2.70. The van der Waals surface area contributed by atoms with Gasteiger partial charge in [0.15, 0.2) is 0 Å². The first-order valence-electron chi connectivity index (χ1n) is 7.79. The zero-order valence-electron chi connectivity index (χ0n) is 12.7. The van der Waals surface area contributed by atoms with Gasteiger partial charge in [-0.2, -0.15) is 0 Å². The minimum atomic E-state index is 0.295. The molecule has 3 heteroatoms. The van der Waals surface area contributed by atoms with Crippen molar-refractivity contribution in [3.05, 3.63) is 47.3 Å². The maximum Gasteiger partial charge on any atom is 0.0434 e. The van der Waals surface area contributed by atoms with E-state index in [0.29, 0.717) is 12.5 Å². The summed E-state index contributed by atoms with van der Waals surface area (Å²) in [6, 6.07) is 14.9. The molecule has 0 aliphatic heterocycles. The van der Waals surface area contributed by atoms with Gasteiger partial charge in [0.25, 0.3) is 0 Å². The van der Waals surface area contributed by atoms with Gasteiger partial charge in [-0.05, 0) is 43.0 Å². The van der Waals surface area contributed by atoms with Crippen molar-refractivity contribution in [2.24, 2.45) is 5.92 Å². The lowest BCUT2D eigenvalue weighted by molar-refractivity contribution is 0.248. The smallest absolute Gasteiger partial charge is 0.0434 e. The molecule has 1 heterocycles. The molecule has 114 valence electrons. The summed E-state index contributed by atoms with van der Waals surface area (Å²) in [6.07, 6.45) is 3.28. The second-order valence-corrected chi connectivity index (χ2v) is 6.60. The first-order valence-corrected chi connectivity index (χ1v) is 8.60. The third kappa shape index (κ3) is 5.27. The van der Waals surface area contributed by atoms with Crippen molar-refractivity contribution >= 4 is 11.3 Å². The lowest BCUT2D eigenvalue weighted by atomic mass is 10.0. The fourth-order valence-corrected chi connectivity index (χ4v) is 3.55. The molecule has 2 rings (SSSR count). The van der Waals surface area contributed by atoms with Gasteiger partial charge in [-0.1, -0.05) is 43.7 Å². The molecular formula is C18H25NOS. The van der Waals surface area contributed by atoms with Crippen LogP contribution in [0.4, 0.5) is 0 Å². The number of rotatable bonds is 9. The fraction of sp³-hybridized carbons (Fsp3) is 0.444. The van der Waals surface area contributed by atoms with Crippen molar-refractivity contribution in [2.75, 3.05) is 13.2 Å². The maximum atomic E-state index is 9.08. The Labute approximate surface area is 131 Å². The maximum absolute atomic E-state index is 9.08. The van der Waals surface area contributed by atoms with Crippen LogP contribution in [-0.4, -0.2) is 18.3 Å². The zero-order chi connectivity index (χ0) is 14.9. The standard InChI is InChI=1S/C18H25NOS/c1-2-6-15(11-12-20)13-19-14-17-9-10-18(21-17)16-7-4-3-5-8-16/h3-5,7-10,15,19-20H,2,6,11-14H2,1H3. The highest BCUT2D eigenvalue weighted by Crippen LogP contribution is 2.27. The summed E-state index contributed by atoms with van der Waals surface area (Å²) >= 11 is 1.85. The Morgan fingerprint density at radius 3 is 2.62 bits per heavy atom. The second kappa shape index (κ2) is 8.98. The summed E-state index contributed by atoms with van der Waals surface area (Å²) in [7, 11) is 0. The predicted molar refractivity (Wildman–Crippen MR) is 91.6 cm³/mol. The Balaban J connectivity index is 1.83. The van der Waals surface area contributed by atoms with Crippen LogP contribution in [0.2, 0.25) is 0 Å². The molecule has 21 heavy (non-hydrogen) atoms. The number of hydrogen-bond donors (Lipinski definition) is 2. The molecule has 1 unspecified atom stereocenters. The molecule has 0 spiro atoms. The van der Waals surface area contributed by atoms with E-state index in [1.54, 1.807) is 0 Å². The molecule has 2 N–H and O–H groups in total. The van der Waals surface area contributed by atoms with Crippen molar-refractivity contribution in [2.45, 2.75) is 32.7 Å². The number of benzene rings is 1. The Hall–Kier alpha value is -1.16. The van der Waals surface area contributed by atoms with E-state index in [2.05, 4.69) is 54.7 Å². The average molecular weight is 303 g/mol. The summed E-state index contributed by atoms with van der Waals surface area (Å²) < 4.78 is 0. The van der Waals surface area contributed by atoms with Gasteiger partial charge in [0.1, 0.15) is 0 Å². The Morgan fingerprint density at radius 2 is 1.90 bits per heavy atom. The van der Waals surface area contributed by atoms with E-state index in [4.69, 9.17) is 5.11 Å². The van der Waals surface area contributed by atoms with E-state index in [1.165, 1.54) is 28.2 Å². The summed E-state index contributed by atoms with van der Waals surface area (Å²) in [5, 5.41) is 12.6. The molecule has 2 nitrogen and oxygen atoms in total. The lowest BCUT2D eigenvalue weighted by Crippen LogP contribution is -2.22. The minimum Gasteiger partial charge on any atom is -0.396 e. The molecule has 0 fully saturated rings. The third-order valence-electron chi connectivity index (χ3n) is 3.69. The van der Waals surface area contributed by atoms with E-state index in [1.807, 2.05) is 11.3 Å². The summed E-state index contributed by atoms with van der Waals surface area (Å²) in [5.74, 6) is 0.591. The van der Waals surface area contributed by atoms with Crippen LogP contribution in [-0.2, 0) is 6.54 Å². The van der Waals surface area contributed by atoms with Crippen LogP contribution in [0.5, 0.6) is 0 Å². The van der Waals surface area contributed by atoms with Gasteiger partial charge in [0, 0.05) is 22.9 Å². The highest BCUT2D eigenvalue weighted by molar-refractivity contribution is 7.15. The molecule has 0 bridgehead atoms. The third-order valence-corrected chi connectivity index (χ3v) is 4.82. The van der Waals surface area contributed by atoms with Crippen LogP contribution >= 0.6 is 11.3 Å². The first-order chi connectivity index (χ1) is 10.3. The highest BCUT2D eigenvalue weighted by Gasteiger charge is 2.07. The van der Waals surface area contributed by atoms with Gasteiger partial charge in [-0.25, -0.2) is 0 Å². The summed E-state index contributed by atoms with van der Waals surface area (Å²) in [6.45, 7) is 4.41. The molecule has 0 aliphatic carbocycles. The van der Waals surface area contributed by atoms with E-state index in [0.717, 1.165) is 19.5 Å². The average Bonchev–Trinajstić information content (AvgIpc) is 2.97. The van der Waals surface area contributed by atoms with Crippen LogP contribution in [0, 0.1) is 5.92 Å². The SMILES string of the molecule is CCCC(CCO)CNCc1ccc(-c2ccccc2)s1. The van der Waals surface area contributed by atoms with Crippen molar-refractivity contribution in [3.63, 3.8) is 0 Å². The van der Waals surface area contributed by atoms with Gasteiger partial charge < -0.3 is 10.4 Å². The lowest BCUT2D eigenvalue weighted by Gasteiger charge is -2.15. The van der Waals surface area contributed by atoms with Crippen molar-refractivity contribution in [1.82, 2.24) is 5.32 Å². The number of aliphatic hydroxyl groups is 1. The van der Waals surface area contributed by atoms with Crippen LogP contribution in [0.15, 0.2) is 42.5 Å². The molecule has 2 aromatic rings. The predicted octanol–water partition coefficient (Wildman–Crippen LogP) is 4.30.